The molecule has 0 aromatic heterocycles. The highest BCUT2D eigenvalue weighted by molar-refractivity contribution is 6.14. The highest BCUT2D eigenvalue weighted by atomic mass is 16.6. The monoisotopic (exact) mass is 354 g/mol. The zero-order valence-electron chi connectivity index (χ0n) is 14.6. The van der Waals surface area contributed by atoms with E-state index in [4.69, 9.17) is 14.2 Å². The first kappa shape index (κ1) is 17.5. The van der Waals surface area contributed by atoms with Crippen molar-refractivity contribution in [3.05, 3.63) is 59.4 Å². The molecule has 0 saturated heterocycles. The summed E-state index contributed by atoms with van der Waals surface area (Å²) in [5, 5.41) is 0. The number of hydrogen-bond acceptors (Lipinski definition) is 6. The maximum atomic E-state index is 12.5. The van der Waals surface area contributed by atoms with Crippen LogP contribution in [0.2, 0.25) is 0 Å². The second-order valence-electron chi connectivity index (χ2n) is 5.65. The number of methoxy groups -OCH3 is 2. The molecule has 1 atom stereocenters. The minimum Gasteiger partial charge on any atom is -0.497 e. The van der Waals surface area contributed by atoms with Gasteiger partial charge in [-0.3, -0.25) is 4.79 Å². The van der Waals surface area contributed by atoms with E-state index in [2.05, 4.69) is 4.74 Å². The molecule has 0 radical (unpaired) electrons. The minimum absolute atomic E-state index is 0.205. The van der Waals surface area contributed by atoms with Crippen LogP contribution in [-0.2, 0) is 9.53 Å². The third-order valence-corrected chi connectivity index (χ3v) is 3.90. The predicted molar refractivity (Wildman–Crippen MR) is 94.5 cm³/mol. The Hall–Kier alpha value is -3.28. The summed E-state index contributed by atoms with van der Waals surface area (Å²) in [5.41, 5.74) is 1.26. The van der Waals surface area contributed by atoms with Gasteiger partial charge in [0.25, 0.3) is 0 Å². The first-order valence-electron chi connectivity index (χ1n) is 7.98. The number of allylic oxidation sites excluding steroid dienone is 1. The minimum atomic E-state index is -0.760. The average molecular weight is 354 g/mol. The molecule has 0 fully saturated rings. The van der Waals surface area contributed by atoms with E-state index in [0.29, 0.717) is 17.1 Å². The number of benzene rings is 2. The van der Waals surface area contributed by atoms with Crippen LogP contribution in [0.1, 0.15) is 22.8 Å². The zero-order chi connectivity index (χ0) is 18.7. The van der Waals surface area contributed by atoms with Gasteiger partial charge < -0.3 is 18.9 Å². The van der Waals surface area contributed by atoms with Crippen LogP contribution in [0.25, 0.3) is 6.08 Å². The number of ether oxygens (including phenoxy) is 4. The van der Waals surface area contributed by atoms with Gasteiger partial charge in [-0.1, -0.05) is 12.1 Å². The van der Waals surface area contributed by atoms with Crippen LogP contribution in [0.3, 0.4) is 0 Å². The summed E-state index contributed by atoms with van der Waals surface area (Å²) in [6.45, 7) is 1.58. The number of ketones is 1. The van der Waals surface area contributed by atoms with E-state index in [-0.39, 0.29) is 11.5 Å². The van der Waals surface area contributed by atoms with E-state index in [1.54, 1.807) is 50.4 Å². The van der Waals surface area contributed by atoms with Crippen molar-refractivity contribution in [2.24, 2.45) is 0 Å². The van der Waals surface area contributed by atoms with Crippen molar-refractivity contribution in [2.45, 2.75) is 13.0 Å². The molecule has 3 rings (SSSR count). The van der Waals surface area contributed by atoms with Gasteiger partial charge in [-0.05, 0) is 42.8 Å². The maximum absolute atomic E-state index is 12.5. The molecular weight excluding hydrogens is 336 g/mol. The maximum Gasteiger partial charge on any atom is 0.346 e. The number of rotatable bonds is 5. The van der Waals surface area contributed by atoms with Gasteiger partial charge in [-0.15, -0.1) is 0 Å². The summed E-state index contributed by atoms with van der Waals surface area (Å²) in [6.07, 6.45) is 0.906. The van der Waals surface area contributed by atoms with Crippen LogP contribution < -0.4 is 14.2 Å². The first-order valence-corrected chi connectivity index (χ1v) is 7.98. The first-order chi connectivity index (χ1) is 12.5. The molecule has 1 aliphatic heterocycles. The summed E-state index contributed by atoms with van der Waals surface area (Å²) >= 11 is 0. The molecule has 0 bridgehead atoms. The lowest BCUT2D eigenvalue weighted by Gasteiger charge is -2.12. The van der Waals surface area contributed by atoms with E-state index >= 15 is 0 Å². The van der Waals surface area contributed by atoms with Crippen molar-refractivity contribution in [2.75, 3.05) is 14.2 Å². The Bertz CT molecular complexity index is 866. The van der Waals surface area contributed by atoms with Gasteiger partial charge in [0.15, 0.2) is 11.9 Å². The molecule has 26 heavy (non-hydrogen) atoms. The third-order valence-electron chi connectivity index (χ3n) is 3.90. The SMILES string of the molecule is COC(=O)[C@H](C)Oc1ccc2c(c1)OC(=Cc1ccc(OC)cc1)C2=O. The van der Waals surface area contributed by atoms with Crippen LogP contribution >= 0.6 is 0 Å². The lowest BCUT2D eigenvalue weighted by atomic mass is 10.1. The number of Topliss-reactive ketones (excluding diaryl/α,β-unsaturated/α-hetero) is 1. The van der Waals surface area contributed by atoms with Crippen molar-refractivity contribution in [3.63, 3.8) is 0 Å². The van der Waals surface area contributed by atoms with E-state index < -0.39 is 12.1 Å². The molecule has 0 aliphatic carbocycles. The zero-order valence-corrected chi connectivity index (χ0v) is 14.6. The van der Waals surface area contributed by atoms with Gasteiger partial charge in [-0.2, -0.15) is 0 Å². The summed E-state index contributed by atoms with van der Waals surface area (Å²) in [7, 11) is 2.89. The van der Waals surface area contributed by atoms with Gasteiger partial charge in [-0.25, -0.2) is 4.79 Å². The number of carbonyl (C=O) groups is 2. The van der Waals surface area contributed by atoms with Crippen molar-refractivity contribution in [1.82, 2.24) is 0 Å². The molecular formula is C20H18O6. The number of fused-ring (bicyclic) bond motifs is 1. The van der Waals surface area contributed by atoms with Crippen molar-refractivity contribution in [3.8, 4) is 17.2 Å². The second kappa shape index (κ2) is 7.31. The van der Waals surface area contributed by atoms with E-state index in [9.17, 15) is 9.59 Å². The number of carbonyl (C=O) groups excluding carboxylic acids is 2. The number of hydrogen-bond donors (Lipinski definition) is 0. The molecule has 6 nitrogen and oxygen atoms in total. The smallest absolute Gasteiger partial charge is 0.346 e. The highest BCUT2D eigenvalue weighted by Crippen LogP contribution is 2.35. The Balaban J connectivity index is 1.79. The van der Waals surface area contributed by atoms with Gasteiger partial charge >= 0.3 is 5.97 Å². The predicted octanol–water partition coefficient (Wildman–Crippen LogP) is 3.25. The van der Waals surface area contributed by atoms with Crippen molar-refractivity contribution >= 4 is 17.8 Å². The van der Waals surface area contributed by atoms with E-state index in [1.165, 1.54) is 7.11 Å². The van der Waals surface area contributed by atoms with Crippen molar-refractivity contribution in [1.29, 1.82) is 0 Å². The summed E-state index contributed by atoms with van der Waals surface area (Å²) < 4.78 is 20.9. The van der Waals surface area contributed by atoms with Crippen LogP contribution in [0, 0.1) is 0 Å². The Morgan fingerprint density at radius 1 is 1.08 bits per heavy atom. The normalized spacial score (nSPS) is 15.2. The topological polar surface area (TPSA) is 71.1 Å². The lowest BCUT2D eigenvalue weighted by molar-refractivity contribution is -0.147. The fourth-order valence-electron chi connectivity index (χ4n) is 2.51. The van der Waals surface area contributed by atoms with E-state index in [1.807, 2.05) is 12.1 Å². The van der Waals surface area contributed by atoms with Crippen LogP contribution in [0.15, 0.2) is 48.2 Å². The molecule has 2 aromatic rings. The third kappa shape index (κ3) is 3.54. The lowest BCUT2D eigenvalue weighted by Crippen LogP contribution is -2.24. The Labute approximate surface area is 150 Å². The molecule has 0 N–H and O–H groups in total. The fourth-order valence-corrected chi connectivity index (χ4v) is 2.51. The standard InChI is InChI=1S/C20H18O6/c1-12(20(22)24-3)25-15-8-9-16-17(11-15)26-18(19(16)21)10-13-4-6-14(23-2)7-5-13/h4-12H,1-3H3/t12-/m0/s1. The van der Waals surface area contributed by atoms with Crippen LogP contribution in [0.4, 0.5) is 0 Å². The van der Waals surface area contributed by atoms with Gasteiger partial charge in [0, 0.05) is 6.07 Å². The Kier molecular flexibility index (Phi) is 4.93. The van der Waals surface area contributed by atoms with Crippen LogP contribution in [0.5, 0.6) is 17.2 Å². The molecule has 0 saturated carbocycles. The Morgan fingerprint density at radius 2 is 1.77 bits per heavy atom. The van der Waals surface area contributed by atoms with Gasteiger partial charge in [0.05, 0.1) is 19.8 Å². The highest BCUT2D eigenvalue weighted by Gasteiger charge is 2.28. The molecule has 6 heteroatoms. The van der Waals surface area contributed by atoms with Gasteiger partial charge in [0.1, 0.15) is 17.2 Å². The van der Waals surface area contributed by atoms with Crippen molar-refractivity contribution < 1.29 is 28.5 Å². The molecule has 0 unspecified atom stereocenters. The molecule has 0 amide bonds. The van der Waals surface area contributed by atoms with Gasteiger partial charge in [0.2, 0.25) is 5.78 Å². The number of esters is 1. The average Bonchev–Trinajstić information content (AvgIpc) is 2.96. The second-order valence-corrected chi connectivity index (χ2v) is 5.65. The molecule has 1 aliphatic rings. The van der Waals surface area contributed by atoms with E-state index in [0.717, 1.165) is 11.3 Å². The molecule has 2 aromatic carbocycles. The summed E-state index contributed by atoms with van der Waals surface area (Å²) in [6, 6.07) is 12.1. The van der Waals surface area contributed by atoms with Crippen LogP contribution in [-0.4, -0.2) is 32.1 Å². The molecule has 0 spiro atoms. The summed E-state index contributed by atoms with van der Waals surface area (Å²) in [5.74, 6) is 1.08. The molecule has 134 valence electrons. The Morgan fingerprint density at radius 3 is 2.42 bits per heavy atom. The largest absolute Gasteiger partial charge is 0.497 e. The quantitative estimate of drug-likeness (QED) is 0.606. The molecule has 1 heterocycles. The summed E-state index contributed by atoms with van der Waals surface area (Å²) in [4.78, 5) is 23.9. The fraction of sp³-hybridized carbons (Fsp3) is 0.200.